The van der Waals surface area contributed by atoms with Crippen molar-refractivity contribution in [2.45, 2.75) is 12.5 Å². The second kappa shape index (κ2) is 5.33. The summed E-state index contributed by atoms with van der Waals surface area (Å²) in [6.45, 7) is 0.273. The Labute approximate surface area is 116 Å². The van der Waals surface area contributed by atoms with E-state index in [4.69, 9.17) is 18.0 Å². The van der Waals surface area contributed by atoms with Gasteiger partial charge in [-0.1, -0.05) is 23.7 Å². The quantitative estimate of drug-likeness (QED) is 0.859. The van der Waals surface area contributed by atoms with Gasteiger partial charge in [-0.05, 0) is 17.7 Å². The molecule has 1 aliphatic heterocycles. The van der Waals surface area contributed by atoms with E-state index in [-0.39, 0.29) is 24.8 Å². The maximum Gasteiger partial charge on any atom is 0.331 e. The van der Waals surface area contributed by atoms with Crippen molar-refractivity contribution < 1.29 is 14.7 Å². The molecule has 2 rings (SSSR count). The summed E-state index contributed by atoms with van der Waals surface area (Å²) < 4.78 is 0. The minimum Gasteiger partial charge on any atom is -0.479 e. The van der Waals surface area contributed by atoms with Gasteiger partial charge < -0.3 is 10.0 Å². The lowest BCUT2D eigenvalue weighted by molar-refractivity contribution is -0.148. The molecule has 0 bridgehead atoms. The molecule has 1 aliphatic rings. The standard InChI is InChI=1S/C14H12ClNO3/c1-2-9-7-12(17)16(8-9)13(14(18)19)10-3-5-11(15)6-4-10/h1,3-6,9,13H,7-8H2,(H,18,19). The Morgan fingerprint density at radius 1 is 1.47 bits per heavy atom. The van der Waals surface area contributed by atoms with Crippen molar-refractivity contribution in [3.8, 4) is 12.3 Å². The summed E-state index contributed by atoms with van der Waals surface area (Å²) in [7, 11) is 0. The molecule has 1 heterocycles. The predicted molar refractivity (Wildman–Crippen MR) is 70.5 cm³/mol. The Balaban J connectivity index is 2.32. The molecular formula is C14H12ClNO3. The van der Waals surface area contributed by atoms with Crippen molar-refractivity contribution in [3.05, 3.63) is 34.9 Å². The molecule has 1 aromatic rings. The van der Waals surface area contributed by atoms with E-state index in [0.29, 0.717) is 10.6 Å². The first kappa shape index (κ1) is 13.4. The number of amides is 1. The number of nitrogens with zero attached hydrogens (tertiary/aromatic N) is 1. The SMILES string of the molecule is C#CC1CC(=O)N(C(C(=O)O)c2ccc(Cl)cc2)C1. The Morgan fingerprint density at radius 2 is 2.11 bits per heavy atom. The highest BCUT2D eigenvalue weighted by molar-refractivity contribution is 6.30. The van der Waals surface area contributed by atoms with Crippen LogP contribution in [0, 0.1) is 18.3 Å². The molecule has 2 atom stereocenters. The van der Waals surface area contributed by atoms with Crippen LogP contribution in [0.2, 0.25) is 5.02 Å². The van der Waals surface area contributed by atoms with E-state index < -0.39 is 12.0 Å². The van der Waals surface area contributed by atoms with Crippen LogP contribution in [-0.2, 0) is 9.59 Å². The number of likely N-dealkylation sites (tertiary alicyclic amines) is 1. The second-order valence-corrected chi connectivity index (χ2v) is 4.84. The molecule has 0 saturated carbocycles. The number of rotatable bonds is 3. The maximum absolute atomic E-state index is 11.9. The number of carbonyl (C=O) groups is 2. The van der Waals surface area contributed by atoms with Crippen LogP contribution < -0.4 is 0 Å². The fraction of sp³-hybridized carbons (Fsp3) is 0.286. The largest absolute Gasteiger partial charge is 0.479 e. The molecule has 2 unspecified atom stereocenters. The van der Waals surface area contributed by atoms with Gasteiger partial charge >= 0.3 is 5.97 Å². The van der Waals surface area contributed by atoms with Gasteiger partial charge in [0.2, 0.25) is 5.91 Å². The highest BCUT2D eigenvalue weighted by Gasteiger charge is 2.37. The molecule has 1 aromatic carbocycles. The van der Waals surface area contributed by atoms with Crippen LogP contribution in [-0.4, -0.2) is 28.4 Å². The van der Waals surface area contributed by atoms with Gasteiger partial charge in [-0.25, -0.2) is 4.79 Å². The number of hydrogen-bond donors (Lipinski definition) is 1. The van der Waals surface area contributed by atoms with Gasteiger partial charge in [-0.3, -0.25) is 4.79 Å². The molecule has 1 N–H and O–H groups in total. The molecule has 19 heavy (non-hydrogen) atoms. The van der Waals surface area contributed by atoms with Crippen LogP contribution in [0.4, 0.5) is 0 Å². The van der Waals surface area contributed by atoms with Crippen LogP contribution in [0.25, 0.3) is 0 Å². The third-order valence-electron chi connectivity index (χ3n) is 3.13. The molecular weight excluding hydrogens is 266 g/mol. The first-order chi connectivity index (χ1) is 9.02. The third kappa shape index (κ3) is 2.72. The van der Waals surface area contributed by atoms with E-state index in [2.05, 4.69) is 5.92 Å². The minimum atomic E-state index is -1.08. The minimum absolute atomic E-state index is 0.202. The number of carbonyl (C=O) groups excluding carboxylic acids is 1. The lowest BCUT2D eigenvalue weighted by Crippen LogP contribution is -2.35. The smallest absolute Gasteiger partial charge is 0.331 e. The number of carboxylic acids is 1. The van der Waals surface area contributed by atoms with E-state index in [1.807, 2.05) is 0 Å². The zero-order chi connectivity index (χ0) is 14.0. The fourth-order valence-corrected chi connectivity index (χ4v) is 2.32. The Morgan fingerprint density at radius 3 is 2.58 bits per heavy atom. The van der Waals surface area contributed by atoms with Gasteiger partial charge in [0, 0.05) is 23.9 Å². The monoisotopic (exact) mass is 277 g/mol. The van der Waals surface area contributed by atoms with Crippen LogP contribution in [0.5, 0.6) is 0 Å². The van der Waals surface area contributed by atoms with Crippen molar-refractivity contribution >= 4 is 23.5 Å². The molecule has 1 amide bonds. The summed E-state index contributed by atoms with van der Waals surface area (Å²) in [5, 5.41) is 9.87. The van der Waals surface area contributed by atoms with Crippen LogP contribution >= 0.6 is 11.6 Å². The number of carboxylic acid groups (broad SMARTS) is 1. The second-order valence-electron chi connectivity index (χ2n) is 4.41. The number of halogens is 1. The molecule has 0 aromatic heterocycles. The van der Waals surface area contributed by atoms with Crippen LogP contribution in [0.3, 0.4) is 0 Å². The summed E-state index contributed by atoms with van der Waals surface area (Å²) in [4.78, 5) is 24.6. The summed E-state index contributed by atoms with van der Waals surface area (Å²) in [6, 6.07) is 5.41. The van der Waals surface area contributed by atoms with Gasteiger partial charge in [-0.15, -0.1) is 12.3 Å². The molecule has 0 spiro atoms. The van der Waals surface area contributed by atoms with Crippen molar-refractivity contribution in [1.29, 1.82) is 0 Å². The van der Waals surface area contributed by atoms with Crippen LogP contribution in [0.1, 0.15) is 18.0 Å². The Bertz CT molecular complexity index is 547. The fourth-order valence-electron chi connectivity index (χ4n) is 2.19. The van der Waals surface area contributed by atoms with E-state index in [1.165, 1.54) is 4.90 Å². The van der Waals surface area contributed by atoms with Crippen molar-refractivity contribution in [2.75, 3.05) is 6.54 Å². The predicted octanol–water partition coefficient (Wildman–Crippen LogP) is 1.95. The van der Waals surface area contributed by atoms with E-state index in [9.17, 15) is 14.7 Å². The first-order valence-corrected chi connectivity index (χ1v) is 6.14. The highest BCUT2D eigenvalue weighted by atomic mass is 35.5. The van der Waals surface area contributed by atoms with E-state index >= 15 is 0 Å². The van der Waals surface area contributed by atoms with Crippen LogP contribution in [0.15, 0.2) is 24.3 Å². The molecule has 0 radical (unpaired) electrons. The lowest BCUT2D eigenvalue weighted by Gasteiger charge is -2.24. The van der Waals surface area contributed by atoms with Crippen molar-refractivity contribution in [1.82, 2.24) is 4.90 Å². The Kier molecular flexibility index (Phi) is 3.77. The number of aliphatic carboxylic acids is 1. The summed E-state index contributed by atoms with van der Waals surface area (Å²) in [5.74, 6) is 0.975. The molecule has 1 fully saturated rings. The molecule has 98 valence electrons. The number of benzene rings is 1. The summed E-state index contributed by atoms with van der Waals surface area (Å²) in [5.41, 5.74) is 0.517. The summed E-state index contributed by atoms with van der Waals surface area (Å²) >= 11 is 5.78. The van der Waals surface area contributed by atoms with Gasteiger partial charge in [0.05, 0.1) is 0 Å². The zero-order valence-electron chi connectivity index (χ0n) is 10.0. The van der Waals surface area contributed by atoms with Gasteiger partial charge in [0.25, 0.3) is 0 Å². The molecule has 1 saturated heterocycles. The highest BCUT2D eigenvalue weighted by Crippen LogP contribution is 2.29. The lowest BCUT2D eigenvalue weighted by atomic mass is 10.1. The molecule has 5 heteroatoms. The van der Waals surface area contributed by atoms with Gasteiger partial charge in [-0.2, -0.15) is 0 Å². The van der Waals surface area contributed by atoms with Gasteiger partial charge in [0.1, 0.15) is 0 Å². The summed E-state index contributed by atoms with van der Waals surface area (Å²) in [6.07, 6.45) is 5.50. The molecule has 0 aliphatic carbocycles. The topological polar surface area (TPSA) is 57.6 Å². The van der Waals surface area contributed by atoms with E-state index in [0.717, 1.165) is 0 Å². The number of hydrogen-bond acceptors (Lipinski definition) is 2. The van der Waals surface area contributed by atoms with Crippen molar-refractivity contribution in [2.24, 2.45) is 5.92 Å². The normalized spacial score (nSPS) is 20.1. The zero-order valence-corrected chi connectivity index (χ0v) is 10.8. The third-order valence-corrected chi connectivity index (χ3v) is 3.38. The van der Waals surface area contributed by atoms with Gasteiger partial charge in [0.15, 0.2) is 6.04 Å². The molecule has 4 nitrogen and oxygen atoms in total. The first-order valence-electron chi connectivity index (χ1n) is 5.76. The van der Waals surface area contributed by atoms with Crippen molar-refractivity contribution in [3.63, 3.8) is 0 Å². The average Bonchev–Trinajstić information content (AvgIpc) is 2.73. The Hall–Kier alpha value is -1.99. The average molecular weight is 278 g/mol. The number of terminal acetylenes is 1. The van der Waals surface area contributed by atoms with E-state index in [1.54, 1.807) is 24.3 Å². The maximum atomic E-state index is 11.9.